The van der Waals surface area contributed by atoms with Crippen LogP contribution < -0.4 is 0 Å². The van der Waals surface area contributed by atoms with Gasteiger partial charge in [-0.1, -0.05) is 42.5 Å². The molecule has 0 unspecified atom stereocenters. The molecule has 2 aromatic rings. The van der Waals surface area contributed by atoms with Gasteiger partial charge in [0, 0.05) is 11.8 Å². The molecule has 0 heterocycles. The van der Waals surface area contributed by atoms with Crippen molar-refractivity contribution in [3.63, 3.8) is 0 Å². The highest BCUT2D eigenvalue weighted by atomic mass is 32.2. The molecule has 88 valence electrons. The fourth-order valence-corrected chi connectivity index (χ4v) is 2.40. The highest BCUT2D eigenvalue weighted by Crippen LogP contribution is 2.26. The minimum Gasteiger partial charge on any atom is -0.224 e. The quantitative estimate of drug-likeness (QED) is 0.821. The molecule has 0 aromatic heterocycles. The molecule has 17 heavy (non-hydrogen) atoms. The molecule has 0 N–H and O–H groups in total. The summed E-state index contributed by atoms with van der Waals surface area (Å²) >= 11 is 0. The number of benzene rings is 2. The molecule has 4 heteroatoms. The zero-order valence-electron chi connectivity index (χ0n) is 9.22. The van der Waals surface area contributed by atoms with Crippen molar-refractivity contribution in [1.82, 2.24) is 0 Å². The third-order valence-electron chi connectivity index (χ3n) is 2.45. The first-order chi connectivity index (χ1) is 8.00. The molecule has 0 aliphatic carbocycles. The third-order valence-corrected chi connectivity index (χ3v) is 3.56. The second kappa shape index (κ2) is 4.30. The van der Waals surface area contributed by atoms with E-state index in [0.29, 0.717) is 11.1 Å². The summed E-state index contributed by atoms with van der Waals surface area (Å²) in [6.45, 7) is 0. The standard InChI is InChI=1S/C13H11FO2S/c1-17(15,16)12-9-5-8-11(13(12)14)10-6-3-2-4-7-10/h2-9H,1H3. The first-order valence-electron chi connectivity index (χ1n) is 5.04. The monoisotopic (exact) mass is 250 g/mol. The van der Waals surface area contributed by atoms with Gasteiger partial charge in [0.1, 0.15) is 10.7 Å². The smallest absolute Gasteiger partial charge is 0.178 e. The van der Waals surface area contributed by atoms with Crippen LogP contribution in [0, 0.1) is 5.82 Å². The SMILES string of the molecule is CS(=O)(=O)c1cccc(-c2ccccc2)c1F. The molecule has 0 radical (unpaired) electrons. The van der Waals surface area contributed by atoms with Crippen molar-refractivity contribution >= 4 is 9.84 Å². The van der Waals surface area contributed by atoms with Crippen LogP contribution in [0.5, 0.6) is 0 Å². The van der Waals surface area contributed by atoms with E-state index >= 15 is 0 Å². The van der Waals surface area contributed by atoms with Gasteiger partial charge in [-0.05, 0) is 11.6 Å². The van der Waals surface area contributed by atoms with Gasteiger partial charge in [-0.15, -0.1) is 0 Å². The van der Waals surface area contributed by atoms with Gasteiger partial charge in [-0.2, -0.15) is 0 Å². The van der Waals surface area contributed by atoms with E-state index < -0.39 is 15.7 Å². The molecule has 0 atom stereocenters. The van der Waals surface area contributed by atoms with Crippen molar-refractivity contribution in [3.8, 4) is 11.1 Å². The molecule has 0 saturated heterocycles. The van der Waals surface area contributed by atoms with Crippen molar-refractivity contribution in [3.05, 3.63) is 54.3 Å². The Morgan fingerprint density at radius 1 is 0.941 bits per heavy atom. The normalized spacial score (nSPS) is 11.4. The number of rotatable bonds is 2. The van der Waals surface area contributed by atoms with Gasteiger partial charge in [0.05, 0.1) is 0 Å². The molecule has 0 aliphatic rings. The first-order valence-corrected chi connectivity index (χ1v) is 6.93. The fourth-order valence-electron chi connectivity index (χ4n) is 1.64. The average Bonchev–Trinajstić information content (AvgIpc) is 2.29. The highest BCUT2D eigenvalue weighted by molar-refractivity contribution is 7.90. The Labute approximate surface area is 99.6 Å². The molecule has 0 aliphatic heterocycles. The van der Waals surface area contributed by atoms with Crippen LogP contribution in [0.4, 0.5) is 4.39 Å². The van der Waals surface area contributed by atoms with E-state index in [2.05, 4.69) is 0 Å². The van der Waals surface area contributed by atoms with E-state index in [1.807, 2.05) is 6.07 Å². The Kier molecular flexibility index (Phi) is 2.98. The van der Waals surface area contributed by atoms with E-state index in [0.717, 1.165) is 6.26 Å². The van der Waals surface area contributed by atoms with Gasteiger partial charge < -0.3 is 0 Å². The van der Waals surface area contributed by atoms with Crippen molar-refractivity contribution in [2.24, 2.45) is 0 Å². The summed E-state index contributed by atoms with van der Waals surface area (Å²) in [6.07, 6.45) is 1.00. The Morgan fingerprint density at radius 3 is 2.18 bits per heavy atom. The second-order valence-electron chi connectivity index (χ2n) is 3.76. The number of halogens is 1. The topological polar surface area (TPSA) is 34.1 Å². The van der Waals surface area contributed by atoms with Crippen molar-refractivity contribution in [1.29, 1.82) is 0 Å². The minimum atomic E-state index is -3.54. The van der Waals surface area contributed by atoms with Crippen LogP contribution in [-0.4, -0.2) is 14.7 Å². The lowest BCUT2D eigenvalue weighted by Gasteiger charge is -2.06. The summed E-state index contributed by atoms with van der Waals surface area (Å²) in [5.41, 5.74) is 0.962. The Balaban J connectivity index is 2.67. The predicted molar refractivity (Wildman–Crippen MR) is 64.9 cm³/mol. The van der Waals surface area contributed by atoms with Crippen LogP contribution in [0.1, 0.15) is 0 Å². The van der Waals surface area contributed by atoms with Gasteiger partial charge in [-0.25, -0.2) is 12.8 Å². The van der Waals surface area contributed by atoms with E-state index in [-0.39, 0.29) is 4.90 Å². The fraction of sp³-hybridized carbons (Fsp3) is 0.0769. The zero-order valence-corrected chi connectivity index (χ0v) is 10.0. The zero-order chi connectivity index (χ0) is 12.5. The second-order valence-corrected chi connectivity index (χ2v) is 5.74. The molecule has 2 rings (SSSR count). The molecule has 2 nitrogen and oxygen atoms in total. The molecule has 2 aromatic carbocycles. The van der Waals surface area contributed by atoms with Crippen LogP contribution in [0.25, 0.3) is 11.1 Å². The van der Waals surface area contributed by atoms with E-state index in [9.17, 15) is 12.8 Å². The molecular weight excluding hydrogens is 239 g/mol. The van der Waals surface area contributed by atoms with Crippen LogP contribution in [0.3, 0.4) is 0 Å². The number of sulfone groups is 1. The van der Waals surface area contributed by atoms with E-state index in [1.54, 1.807) is 36.4 Å². The molecule has 0 fully saturated rings. The van der Waals surface area contributed by atoms with Crippen LogP contribution in [0.15, 0.2) is 53.4 Å². The maximum atomic E-state index is 14.1. The maximum Gasteiger partial charge on any atom is 0.178 e. The average molecular weight is 250 g/mol. The Morgan fingerprint density at radius 2 is 1.59 bits per heavy atom. The lowest BCUT2D eigenvalue weighted by Crippen LogP contribution is -2.01. The highest BCUT2D eigenvalue weighted by Gasteiger charge is 2.16. The van der Waals surface area contributed by atoms with Gasteiger partial charge in [-0.3, -0.25) is 0 Å². The van der Waals surface area contributed by atoms with Gasteiger partial charge in [0.25, 0.3) is 0 Å². The van der Waals surface area contributed by atoms with Crippen molar-refractivity contribution in [2.45, 2.75) is 4.90 Å². The Bertz CT molecular complexity index is 634. The molecule has 0 amide bonds. The summed E-state index contributed by atoms with van der Waals surface area (Å²) in [6, 6.07) is 13.2. The summed E-state index contributed by atoms with van der Waals surface area (Å²) in [7, 11) is -3.54. The van der Waals surface area contributed by atoms with Gasteiger partial charge in [0.2, 0.25) is 0 Å². The van der Waals surface area contributed by atoms with Crippen LogP contribution >= 0.6 is 0 Å². The summed E-state index contributed by atoms with van der Waals surface area (Å²) in [5.74, 6) is -0.693. The first kappa shape index (κ1) is 11.8. The molecule has 0 bridgehead atoms. The van der Waals surface area contributed by atoms with Gasteiger partial charge >= 0.3 is 0 Å². The Hall–Kier alpha value is -1.68. The lowest BCUT2D eigenvalue weighted by molar-refractivity contribution is 0.572. The van der Waals surface area contributed by atoms with E-state index in [1.165, 1.54) is 6.07 Å². The molecule has 0 saturated carbocycles. The predicted octanol–water partition coefficient (Wildman–Crippen LogP) is 2.90. The maximum absolute atomic E-state index is 14.1. The number of hydrogen-bond acceptors (Lipinski definition) is 2. The minimum absolute atomic E-state index is 0.265. The molecule has 0 spiro atoms. The van der Waals surface area contributed by atoms with Crippen molar-refractivity contribution in [2.75, 3.05) is 6.26 Å². The summed E-state index contributed by atoms with van der Waals surface area (Å²) in [4.78, 5) is -0.265. The lowest BCUT2D eigenvalue weighted by atomic mass is 10.1. The summed E-state index contributed by atoms with van der Waals surface area (Å²) in [5, 5.41) is 0. The van der Waals surface area contributed by atoms with Crippen LogP contribution in [-0.2, 0) is 9.84 Å². The number of hydrogen-bond donors (Lipinski definition) is 0. The van der Waals surface area contributed by atoms with Crippen molar-refractivity contribution < 1.29 is 12.8 Å². The van der Waals surface area contributed by atoms with Crippen LogP contribution in [0.2, 0.25) is 0 Å². The van der Waals surface area contributed by atoms with Gasteiger partial charge in [0.15, 0.2) is 9.84 Å². The molecular formula is C13H11FO2S. The third kappa shape index (κ3) is 2.36. The van der Waals surface area contributed by atoms with E-state index in [4.69, 9.17) is 0 Å². The summed E-state index contributed by atoms with van der Waals surface area (Å²) < 4.78 is 36.9. The largest absolute Gasteiger partial charge is 0.224 e.